The van der Waals surface area contributed by atoms with Crippen LogP contribution in [0.2, 0.25) is 0 Å². The van der Waals surface area contributed by atoms with Crippen LogP contribution in [0.3, 0.4) is 0 Å². The zero-order chi connectivity index (χ0) is 15.5. The van der Waals surface area contributed by atoms with E-state index in [1.807, 2.05) is 30.3 Å². The number of unbranched alkanes of at least 4 members (excludes halogenated alkanes) is 2. The summed E-state index contributed by atoms with van der Waals surface area (Å²) in [7, 11) is 0. The number of carbonyl (C=O) groups excluding carboxylic acids is 1. The molecule has 21 heavy (non-hydrogen) atoms. The monoisotopic (exact) mass is 291 g/mol. The summed E-state index contributed by atoms with van der Waals surface area (Å²) in [5.41, 5.74) is 3.34. The highest BCUT2D eigenvalue weighted by molar-refractivity contribution is 5.83. The van der Waals surface area contributed by atoms with E-state index in [0.29, 0.717) is 0 Å². The average molecular weight is 291 g/mol. The number of hydrogen-bond acceptors (Lipinski definition) is 3. The molecule has 1 aromatic carbocycles. The topological polar surface area (TPSA) is 58.4 Å². The standard InChI is InChI=1S/C17H29N3O/c1-3-5-12-20(13-6-4-2)14-16(17(21)19-18)15-10-8-7-9-11-15/h7-11,16H,3-6,12-14,18H2,1-2H3,(H,19,21). The van der Waals surface area contributed by atoms with Gasteiger partial charge in [0.2, 0.25) is 5.91 Å². The van der Waals surface area contributed by atoms with Crippen molar-refractivity contribution in [3.63, 3.8) is 0 Å². The van der Waals surface area contributed by atoms with E-state index >= 15 is 0 Å². The Kier molecular flexibility index (Phi) is 8.71. The first-order valence-electron chi connectivity index (χ1n) is 8.00. The number of nitrogens with one attached hydrogen (secondary N) is 1. The summed E-state index contributed by atoms with van der Waals surface area (Å²) < 4.78 is 0. The van der Waals surface area contributed by atoms with Crippen LogP contribution in [0.25, 0.3) is 0 Å². The van der Waals surface area contributed by atoms with Crippen molar-refractivity contribution in [2.75, 3.05) is 19.6 Å². The molecule has 0 fully saturated rings. The predicted molar refractivity (Wildman–Crippen MR) is 87.8 cm³/mol. The molecule has 4 heteroatoms. The van der Waals surface area contributed by atoms with Gasteiger partial charge in [0.25, 0.3) is 0 Å². The average Bonchev–Trinajstić information content (AvgIpc) is 2.54. The van der Waals surface area contributed by atoms with Gasteiger partial charge in [-0.15, -0.1) is 0 Å². The highest BCUT2D eigenvalue weighted by Crippen LogP contribution is 2.18. The van der Waals surface area contributed by atoms with Gasteiger partial charge in [0.05, 0.1) is 5.92 Å². The van der Waals surface area contributed by atoms with Gasteiger partial charge in [-0.25, -0.2) is 5.84 Å². The van der Waals surface area contributed by atoms with Crippen molar-refractivity contribution in [3.8, 4) is 0 Å². The number of nitrogens with zero attached hydrogens (tertiary/aromatic N) is 1. The highest BCUT2D eigenvalue weighted by Gasteiger charge is 2.22. The number of nitrogens with two attached hydrogens (primary N) is 1. The molecule has 0 heterocycles. The van der Waals surface area contributed by atoms with Gasteiger partial charge in [-0.2, -0.15) is 0 Å². The molecule has 118 valence electrons. The maximum absolute atomic E-state index is 12.1. The van der Waals surface area contributed by atoms with Gasteiger partial charge in [-0.05, 0) is 31.5 Å². The first-order chi connectivity index (χ1) is 10.2. The van der Waals surface area contributed by atoms with Crippen LogP contribution in [0.1, 0.15) is 51.0 Å². The number of hydrazine groups is 1. The summed E-state index contributed by atoms with van der Waals surface area (Å²) in [5, 5.41) is 0. The van der Waals surface area contributed by atoms with Crippen LogP contribution in [0.15, 0.2) is 30.3 Å². The number of rotatable bonds is 10. The zero-order valence-electron chi connectivity index (χ0n) is 13.3. The van der Waals surface area contributed by atoms with E-state index in [-0.39, 0.29) is 11.8 Å². The van der Waals surface area contributed by atoms with Crippen molar-refractivity contribution in [2.24, 2.45) is 5.84 Å². The second kappa shape index (κ2) is 10.4. The lowest BCUT2D eigenvalue weighted by Crippen LogP contribution is -2.41. The maximum atomic E-state index is 12.1. The van der Waals surface area contributed by atoms with Crippen LogP contribution in [0.4, 0.5) is 0 Å². The minimum absolute atomic E-state index is 0.112. The summed E-state index contributed by atoms with van der Waals surface area (Å²) in [5.74, 6) is 5.05. The van der Waals surface area contributed by atoms with Gasteiger partial charge in [0, 0.05) is 6.54 Å². The summed E-state index contributed by atoms with van der Waals surface area (Å²) in [6.07, 6.45) is 4.66. The highest BCUT2D eigenvalue weighted by atomic mass is 16.2. The lowest BCUT2D eigenvalue weighted by atomic mass is 9.97. The van der Waals surface area contributed by atoms with E-state index in [1.54, 1.807) is 0 Å². The normalized spacial score (nSPS) is 12.4. The molecule has 0 saturated carbocycles. The molecule has 0 saturated heterocycles. The molecule has 0 bridgehead atoms. The summed E-state index contributed by atoms with van der Waals surface area (Å²) in [4.78, 5) is 14.5. The molecule has 1 unspecified atom stereocenters. The van der Waals surface area contributed by atoms with Gasteiger partial charge >= 0.3 is 0 Å². The van der Waals surface area contributed by atoms with Crippen LogP contribution in [-0.4, -0.2) is 30.4 Å². The van der Waals surface area contributed by atoms with E-state index < -0.39 is 0 Å². The van der Waals surface area contributed by atoms with E-state index in [4.69, 9.17) is 5.84 Å². The first-order valence-corrected chi connectivity index (χ1v) is 8.00. The summed E-state index contributed by atoms with van der Waals surface area (Å²) in [6, 6.07) is 9.89. The van der Waals surface area contributed by atoms with Crippen LogP contribution in [0, 0.1) is 0 Å². The second-order valence-corrected chi connectivity index (χ2v) is 5.48. The molecule has 0 aromatic heterocycles. The van der Waals surface area contributed by atoms with Crippen molar-refractivity contribution >= 4 is 5.91 Å². The van der Waals surface area contributed by atoms with E-state index in [2.05, 4.69) is 24.2 Å². The van der Waals surface area contributed by atoms with Crippen LogP contribution < -0.4 is 11.3 Å². The molecule has 0 aliphatic rings. The SMILES string of the molecule is CCCCN(CCCC)CC(C(=O)NN)c1ccccc1. The molecule has 0 spiro atoms. The summed E-state index contributed by atoms with van der Waals surface area (Å²) in [6.45, 7) is 7.20. The number of amides is 1. The van der Waals surface area contributed by atoms with E-state index in [0.717, 1.165) is 38.0 Å². The summed E-state index contributed by atoms with van der Waals surface area (Å²) >= 11 is 0. The Morgan fingerprint density at radius 2 is 1.71 bits per heavy atom. The molecular weight excluding hydrogens is 262 g/mol. The maximum Gasteiger partial charge on any atom is 0.242 e. The molecule has 3 N–H and O–H groups in total. The number of carbonyl (C=O) groups is 1. The Bertz CT molecular complexity index is 386. The van der Waals surface area contributed by atoms with Gasteiger partial charge in [0.15, 0.2) is 0 Å². The van der Waals surface area contributed by atoms with Crippen molar-refractivity contribution in [3.05, 3.63) is 35.9 Å². The van der Waals surface area contributed by atoms with Crippen molar-refractivity contribution < 1.29 is 4.79 Å². The van der Waals surface area contributed by atoms with Crippen molar-refractivity contribution in [1.29, 1.82) is 0 Å². The van der Waals surface area contributed by atoms with Crippen LogP contribution in [-0.2, 0) is 4.79 Å². The Morgan fingerprint density at radius 1 is 1.14 bits per heavy atom. The predicted octanol–water partition coefficient (Wildman–Crippen LogP) is 2.66. The third-order valence-electron chi connectivity index (χ3n) is 3.76. The Morgan fingerprint density at radius 3 is 2.19 bits per heavy atom. The van der Waals surface area contributed by atoms with Crippen molar-refractivity contribution in [2.45, 2.75) is 45.4 Å². The number of hydrogen-bond donors (Lipinski definition) is 2. The minimum atomic E-state index is -0.204. The third-order valence-corrected chi connectivity index (χ3v) is 3.76. The fourth-order valence-corrected chi connectivity index (χ4v) is 2.44. The van der Waals surface area contributed by atoms with Gasteiger partial charge in [-0.1, -0.05) is 57.0 Å². The lowest BCUT2D eigenvalue weighted by Gasteiger charge is -2.26. The van der Waals surface area contributed by atoms with E-state index in [1.165, 1.54) is 12.8 Å². The fourth-order valence-electron chi connectivity index (χ4n) is 2.44. The zero-order valence-corrected chi connectivity index (χ0v) is 13.3. The molecule has 0 aliphatic heterocycles. The van der Waals surface area contributed by atoms with Gasteiger partial charge < -0.3 is 4.90 Å². The Labute approximate surface area is 128 Å². The smallest absolute Gasteiger partial charge is 0.242 e. The third kappa shape index (κ3) is 6.27. The molecule has 0 radical (unpaired) electrons. The van der Waals surface area contributed by atoms with Crippen molar-refractivity contribution in [1.82, 2.24) is 10.3 Å². The van der Waals surface area contributed by atoms with Crippen LogP contribution >= 0.6 is 0 Å². The molecular formula is C17H29N3O. The van der Waals surface area contributed by atoms with E-state index in [9.17, 15) is 4.79 Å². The van der Waals surface area contributed by atoms with Crippen LogP contribution in [0.5, 0.6) is 0 Å². The largest absolute Gasteiger partial charge is 0.302 e. The molecule has 1 aromatic rings. The Balaban J connectivity index is 2.78. The Hall–Kier alpha value is -1.39. The number of benzene rings is 1. The van der Waals surface area contributed by atoms with Gasteiger partial charge in [-0.3, -0.25) is 10.2 Å². The second-order valence-electron chi connectivity index (χ2n) is 5.48. The molecule has 1 atom stereocenters. The molecule has 4 nitrogen and oxygen atoms in total. The fraction of sp³-hybridized carbons (Fsp3) is 0.588. The lowest BCUT2D eigenvalue weighted by molar-refractivity contribution is -0.123. The molecule has 0 aliphatic carbocycles. The quantitative estimate of drug-likeness (QED) is 0.396. The minimum Gasteiger partial charge on any atom is -0.302 e. The van der Waals surface area contributed by atoms with Gasteiger partial charge in [0.1, 0.15) is 0 Å². The molecule has 1 amide bonds. The first kappa shape index (κ1) is 17.7. The molecule has 1 rings (SSSR count).